The molecule has 0 unspecified atom stereocenters. The minimum atomic E-state index is 1.02. The summed E-state index contributed by atoms with van der Waals surface area (Å²) in [6.45, 7) is 4.23. The highest BCUT2D eigenvalue weighted by molar-refractivity contribution is 5.94. The first-order valence-electron chi connectivity index (χ1n) is 10.8. The molecule has 0 spiro atoms. The summed E-state index contributed by atoms with van der Waals surface area (Å²) < 4.78 is 0. The summed E-state index contributed by atoms with van der Waals surface area (Å²) in [5, 5.41) is 4.72. The lowest BCUT2D eigenvalue weighted by atomic mass is 9.98. The summed E-state index contributed by atoms with van der Waals surface area (Å²) in [6, 6.07) is 33.6. The maximum absolute atomic E-state index is 3.42. The van der Waals surface area contributed by atoms with E-state index in [4.69, 9.17) is 0 Å². The first-order chi connectivity index (χ1) is 15.7. The molecule has 0 saturated carbocycles. The van der Waals surface area contributed by atoms with Crippen LogP contribution in [-0.4, -0.2) is 0 Å². The van der Waals surface area contributed by atoms with Crippen molar-refractivity contribution in [3.63, 3.8) is 0 Å². The summed E-state index contributed by atoms with van der Waals surface area (Å²) in [5.41, 5.74) is 6.63. The van der Waals surface area contributed by atoms with Crippen LogP contribution < -0.4 is 0 Å². The van der Waals surface area contributed by atoms with Gasteiger partial charge >= 0.3 is 0 Å². The maximum Gasteiger partial charge on any atom is 0.0328 e. The van der Waals surface area contributed by atoms with E-state index >= 15 is 0 Å². The van der Waals surface area contributed by atoms with E-state index in [-0.39, 0.29) is 0 Å². The Morgan fingerprint density at radius 2 is 0.844 bits per heavy atom. The molecule has 32 heavy (non-hydrogen) atoms. The largest absolute Gasteiger partial charge is 0.0616 e. The third kappa shape index (κ3) is 3.88. The maximum atomic E-state index is 3.42. The summed E-state index contributed by atoms with van der Waals surface area (Å²) in [7, 11) is 0. The molecule has 0 aliphatic heterocycles. The van der Waals surface area contributed by atoms with E-state index in [0.29, 0.717) is 0 Å². The molecule has 5 rings (SSSR count). The van der Waals surface area contributed by atoms with Crippen LogP contribution in [0.1, 0.15) is 33.4 Å². The second-order valence-electron chi connectivity index (χ2n) is 8.05. The summed E-state index contributed by atoms with van der Waals surface area (Å²) in [6.07, 6.45) is 0. The van der Waals surface area contributed by atoms with Gasteiger partial charge in [-0.05, 0) is 71.3 Å². The van der Waals surface area contributed by atoms with Gasteiger partial charge in [-0.15, -0.1) is 0 Å². The van der Waals surface area contributed by atoms with E-state index in [9.17, 15) is 0 Å². The van der Waals surface area contributed by atoms with E-state index in [2.05, 4.69) is 135 Å². The number of hydrogen-bond donors (Lipinski definition) is 0. The number of hydrogen-bond acceptors (Lipinski definition) is 0. The van der Waals surface area contributed by atoms with Gasteiger partial charge in [-0.3, -0.25) is 0 Å². The van der Waals surface area contributed by atoms with Gasteiger partial charge in [0, 0.05) is 22.3 Å². The topological polar surface area (TPSA) is 0 Å². The molecule has 0 atom stereocenters. The smallest absolute Gasteiger partial charge is 0.0328 e. The molecule has 0 radical (unpaired) electrons. The predicted molar refractivity (Wildman–Crippen MR) is 136 cm³/mol. The third-order valence-corrected chi connectivity index (χ3v) is 5.79. The quantitative estimate of drug-likeness (QED) is 0.235. The monoisotopic (exact) mass is 406 g/mol. The average Bonchev–Trinajstić information content (AvgIpc) is 2.84. The Kier molecular flexibility index (Phi) is 5.21. The van der Waals surface area contributed by atoms with Gasteiger partial charge in [0.2, 0.25) is 0 Å². The van der Waals surface area contributed by atoms with Crippen LogP contribution >= 0.6 is 0 Å². The van der Waals surface area contributed by atoms with Gasteiger partial charge in [0.1, 0.15) is 0 Å². The van der Waals surface area contributed by atoms with Gasteiger partial charge in [0.25, 0.3) is 0 Å². The molecule has 150 valence electrons. The molecule has 0 fully saturated rings. The van der Waals surface area contributed by atoms with Crippen molar-refractivity contribution in [3.8, 4) is 23.7 Å². The van der Waals surface area contributed by atoms with Crippen LogP contribution in [0.2, 0.25) is 0 Å². The lowest BCUT2D eigenvalue weighted by Gasteiger charge is -2.05. The lowest BCUT2D eigenvalue weighted by Crippen LogP contribution is -1.86. The van der Waals surface area contributed by atoms with Gasteiger partial charge in [-0.2, -0.15) is 0 Å². The van der Waals surface area contributed by atoms with Crippen molar-refractivity contribution in [2.75, 3.05) is 0 Å². The highest BCUT2D eigenvalue weighted by Crippen LogP contribution is 2.24. The van der Waals surface area contributed by atoms with Crippen LogP contribution in [0.15, 0.2) is 97.1 Å². The Morgan fingerprint density at radius 1 is 0.406 bits per heavy atom. The van der Waals surface area contributed by atoms with Crippen LogP contribution in [-0.2, 0) is 0 Å². The van der Waals surface area contributed by atoms with E-state index in [0.717, 1.165) is 33.0 Å². The van der Waals surface area contributed by atoms with Crippen LogP contribution in [0, 0.1) is 37.5 Å². The van der Waals surface area contributed by atoms with Crippen molar-refractivity contribution < 1.29 is 0 Å². The number of fused-ring (bicyclic) bond motifs is 2. The predicted octanol–water partition coefficient (Wildman–Crippen LogP) is 7.41. The first kappa shape index (κ1) is 19.7. The Labute approximate surface area is 189 Å². The number of rotatable bonds is 0. The first-order valence-corrected chi connectivity index (χ1v) is 10.8. The van der Waals surface area contributed by atoms with Crippen LogP contribution in [0.3, 0.4) is 0 Å². The summed E-state index contributed by atoms with van der Waals surface area (Å²) >= 11 is 0. The van der Waals surface area contributed by atoms with Crippen LogP contribution in [0.4, 0.5) is 0 Å². The van der Waals surface area contributed by atoms with Gasteiger partial charge in [-0.1, -0.05) is 96.0 Å². The molecular formula is C32H22. The van der Waals surface area contributed by atoms with Crippen molar-refractivity contribution in [1.82, 2.24) is 0 Å². The zero-order valence-corrected chi connectivity index (χ0v) is 18.2. The normalized spacial score (nSPS) is 10.3. The Bertz CT molecular complexity index is 1580. The molecule has 5 aromatic carbocycles. The minimum Gasteiger partial charge on any atom is -0.0616 e. The van der Waals surface area contributed by atoms with Crippen LogP contribution in [0.25, 0.3) is 21.5 Å². The molecular weight excluding hydrogens is 384 g/mol. The van der Waals surface area contributed by atoms with Gasteiger partial charge in [-0.25, -0.2) is 0 Å². The SMILES string of the molecule is Cc1ccc(C#Cc2ccc(C#Cc3ccc(C)c4ccccc34)c3ccccc23)cc1. The third-order valence-electron chi connectivity index (χ3n) is 5.79. The zero-order valence-electron chi connectivity index (χ0n) is 18.2. The lowest BCUT2D eigenvalue weighted by molar-refractivity contribution is 1.46. The molecule has 0 bridgehead atoms. The molecule has 0 amide bonds. The van der Waals surface area contributed by atoms with Crippen LogP contribution in [0.5, 0.6) is 0 Å². The summed E-state index contributed by atoms with van der Waals surface area (Å²) in [4.78, 5) is 0. The van der Waals surface area contributed by atoms with E-state index in [1.54, 1.807) is 0 Å². The van der Waals surface area contributed by atoms with Crippen molar-refractivity contribution in [2.24, 2.45) is 0 Å². The molecule has 0 N–H and O–H groups in total. The molecule has 0 heterocycles. The highest BCUT2D eigenvalue weighted by atomic mass is 14.1. The Morgan fingerprint density at radius 3 is 1.41 bits per heavy atom. The molecule has 5 aromatic rings. The van der Waals surface area contributed by atoms with E-state index < -0.39 is 0 Å². The Balaban J connectivity index is 1.58. The average molecular weight is 407 g/mol. The molecule has 0 nitrogen and oxygen atoms in total. The van der Waals surface area contributed by atoms with E-state index in [1.165, 1.54) is 21.9 Å². The molecule has 0 saturated heterocycles. The van der Waals surface area contributed by atoms with Gasteiger partial charge in [0.05, 0.1) is 0 Å². The second kappa shape index (κ2) is 8.47. The van der Waals surface area contributed by atoms with Gasteiger partial charge in [0.15, 0.2) is 0 Å². The van der Waals surface area contributed by atoms with E-state index in [1.807, 2.05) is 0 Å². The van der Waals surface area contributed by atoms with Gasteiger partial charge < -0.3 is 0 Å². The van der Waals surface area contributed by atoms with Crippen molar-refractivity contribution >= 4 is 21.5 Å². The number of aryl methyl sites for hydroxylation is 2. The Hall–Kier alpha value is -4.26. The fourth-order valence-electron chi connectivity index (χ4n) is 3.99. The van der Waals surface area contributed by atoms with Crippen molar-refractivity contribution in [1.29, 1.82) is 0 Å². The molecule has 0 aliphatic carbocycles. The minimum absolute atomic E-state index is 1.02. The fraction of sp³-hybridized carbons (Fsp3) is 0.0625. The van der Waals surface area contributed by atoms with Crippen molar-refractivity contribution in [2.45, 2.75) is 13.8 Å². The second-order valence-corrected chi connectivity index (χ2v) is 8.05. The van der Waals surface area contributed by atoms with Crippen molar-refractivity contribution in [3.05, 3.63) is 130 Å². The zero-order chi connectivity index (χ0) is 21.9. The fourth-order valence-corrected chi connectivity index (χ4v) is 3.99. The number of benzene rings is 5. The standard InChI is InChI=1S/C32H22/c1-23-11-14-25(15-12-23)16-18-27-20-22-28(32-10-6-5-9-31(27)32)21-19-26-17-13-24(2)29-7-3-4-8-30(26)29/h3-15,17,20,22H,1-2H3. The molecule has 0 aromatic heterocycles. The highest BCUT2D eigenvalue weighted by Gasteiger charge is 2.04. The molecule has 0 aliphatic rings. The molecule has 0 heteroatoms. The summed E-state index contributed by atoms with van der Waals surface area (Å²) in [5.74, 6) is 13.5.